The average Bonchev–Trinajstić information content (AvgIpc) is 2.71. The average molecular weight is 217 g/mol. The van der Waals surface area contributed by atoms with Crippen LogP contribution in [0.5, 0.6) is 5.88 Å². The number of aromatic nitrogens is 2. The summed E-state index contributed by atoms with van der Waals surface area (Å²) >= 11 is 0. The van der Waals surface area contributed by atoms with Crippen LogP contribution in [0.4, 0.5) is 0 Å². The highest BCUT2D eigenvalue weighted by Crippen LogP contribution is 2.16. The Bertz CT molecular complexity index is 474. The molecule has 0 unspecified atom stereocenters. The van der Waals surface area contributed by atoms with Gasteiger partial charge in [-0.25, -0.2) is 4.68 Å². The third-order valence-electron chi connectivity index (χ3n) is 2.49. The monoisotopic (exact) mass is 217 g/mol. The first-order valence-electron chi connectivity index (χ1n) is 5.14. The molecule has 4 nitrogen and oxygen atoms in total. The van der Waals surface area contributed by atoms with Crippen LogP contribution in [0, 0.1) is 6.92 Å². The summed E-state index contributed by atoms with van der Waals surface area (Å²) < 4.78 is 6.94. The van der Waals surface area contributed by atoms with Crippen molar-refractivity contribution < 1.29 is 4.74 Å². The summed E-state index contributed by atoms with van der Waals surface area (Å²) in [6.07, 6.45) is 0. The van der Waals surface area contributed by atoms with E-state index in [1.165, 1.54) is 0 Å². The second-order valence-corrected chi connectivity index (χ2v) is 3.61. The maximum atomic E-state index is 5.55. The number of rotatable bonds is 3. The van der Waals surface area contributed by atoms with Crippen LogP contribution in [0.15, 0.2) is 30.3 Å². The first-order chi connectivity index (χ1) is 7.74. The van der Waals surface area contributed by atoms with Gasteiger partial charge in [0.2, 0.25) is 5.88 Å². The lowest BCUT2D eigenvalue weighted by molar-refractivity contribution is 0.394. The number of aryl methyl sites for hydroxylation is 1. The van der Waals surface area contributed by atoms with Crippen molar-refractivity contribution in [3.63, 3.8) is 0 Å². The number of methoxy groups -OCH3 is 1. The summed E-state index contributed by atoms with van der Waals surface area (Å²) in [6, 6.07) is 9.91. The van der Waals surface area contributed by atoms with E-state index >= 15 is 0 Å². The van der Waals surface area contributed by atoms with Crippen LogP contribution in [0.1, 0.15) is 11.3 Å². The van der Waals surface area contributed by atoms with E-state index in [1.807, 2.05) is 41.9 Å². The van der Waals surface area contributed by atoms with Crippen LogP contribution < -0.4 is 10.5 Å². The van der Waals surface area contributed by atoms with Gasteiger partial charge in [-0.05, 0) is 24.6 Å². The van der Waals surface area contributed by atoms with E-state index in [-0.39, 0.29) is 0 Å². The lowest BCUT2D eigenvalue weighted by Crippen LogP contribution is -2.00. The van der Waals surface area contributed by atoms with Crippen molar-refractivity contribution in [2.24, 2.45) is 5.73 Å². The molecule has 1 aromatic carbocycles. The lowest BCUT2D eigenvalue weighted by Gasteiger charge is -2.04. The predicted molar refractivity (Wildman–Crippen MR) is 62.7 cm³/mol. The lowest BCUT2D eigenvalue weighted by atomic mass is 10.2. The quantitative estimate of drug-likeness (QED) is 0.850. The highest BCUT2D eigenvalue weighted by atomic mass is 16.5. The van der Waals surface area contributed by atoms with Crippen LogP contribution >= 0.6 is 0 Å². The molecule has 2 rings (SSSR count). The Morgan fingerprint density at radius 1 is 1.31 bits per heavy atom. The topological polar surface area (TPSA) is 53.1 Å². The Hall–Kier alpha value is -1.81. The van der Waals surface area contributed by atoms with Gasteiger partial charge in [0.25, 0.3) is 0 Å². The van der Waals surface area contributed by atoms with Gasteiger partial charge in [-0.1, -0.05) is 12.1 Å². The van der Waals surface area contributed by atoms with Crippen LogP contribution in [-0.4, -0.2) is 16.9 Å². The predicted octanol–water partition coefficient (Wildman–Crippen LogP) is 1.65. The van der Waals surface area contributed by atoms with E-state index in [0.717, 1.165) is 16.9 Å². The first kappa shape index (κ1) is 10.7. The van der Waals surface area contributed by atoms with Gasteiger partial charge < -0.3 is 10.5 Å². The zero-order valence-corrected chi connectivity index (χ0v) is 9.47. The molecule has 2 aromatic rings. The van der Waals surface area contributed by atoms with Crippen LogP contribution in [0.2, 0.25) is 0 Å². The van der Waals surface area contributed by atoms with E-state index in [0.29, 0.717) is 12.4 Å². The van der Waals surface area contributed by atoms with Crippen LogP contribution in [0.3, 0.4) is 0 Å². The Labute approximate surface area is 94.6 Å². The molecule has 0 bridgehead atoms. The van der Waals surface area contributed by atoms with E-state index in [2.05, 4.69) is 5.10 Å². The maximum absolute atomic E-state index is 5.55. The third-order valence-corrected chi connectivity index (χ3v) is 2.49. The first-order valence-corrected chi connectivity index (χ1v) is 5.14. The van der Waals surface area contributed by atoms with Gasteiger partial charge in [0.15, 0.2) is 0 Å². The van der Waals surface area contributed by atoms with Crippen LogP contribution in [-0.2, 0) is 6.54 Å². The number of nitrogens with two attached hydrogens (primary N) is 1. The molecule has 0 atom stereocenters. The van der Waals surface area contributed by atoms with Gasteiger partial charge >= 0.3 is 0 Å². The minimum absolute atomic E-state index is 0.557. The standard InChI is InChI=1S/C12H15N3O/c1-9-7-12(16-2)14-15(9)11-5-3-10(8-13)4-6-11/h3-7H,8,13H2,1-2H3. The molecule has 0 spiro atoms. The van der Waals surface area contributed by atoms with Gasteiger partial charge in [0.05, 0.1) is 12.8 Å². The second-order valence-electron chi connectivity index (χ2n) is 3.61. The van der Waals surface area contributed by atoms with Gasteiger partial charge in [-0.15, -0.1) is 5.10 Å². The van der Waals surface area contributed by atoms with E-state index in [4.69, 9.17) is 10.5 Å². The van der Waals surface area contributed by atoms with E-state index < -0.39 is 0 Å². The molecule has 2 N–H and O–H groups in total. The minimum atomic E-state index is 0.557. The Balaban J connectivity index is 2.38. The molecule has 16 heavy (non-hydrogen) atoms. The molecule has 0 fully saturated rings. The van der Waals surface area contributed by atoms with Crippen molar-refractivity contribution in [1.82, 2.24) is 9.78 Å². The highest BCUT2D eigenvalue weighted by molar-refractivity contribution is 5.36. The number of nitrogens with zero attached hydrogens (tertiary/aromatic N) is 2. The molecule has 1 aromatic heterocycles. The summed E-state index contributed by atoms with van der Waals surface area (Å²) in [7, 11) is 1.61. The molecule has 0 saturated heterocycles. The molecule has 0 radical (unpaired) electrons. The molecular formula is C12H15N3O. The van der Waals surface area contributed by atoms with E-state index in [1.54, 1.807) is 7.11 Å². The summed E-state index contributed by atoms with van der Waals surface area (Å²) in [4.78, 5) is 0. The summed E-state index contributed by atoms with van der Waals surface area (Å²) in [5, 5.41) is 4.32. The summed E-state index contributed by atoms with van der Waals surface area (Å²) in [5.74, 6) is 0.625. The maximum Gasteiger partial charge on any atom is 0.233 e. The largest absolute Gasteiger partial charge is 0.480 e. The molecule has 4 heteroatoms. The number of hydrogen-bond donors (Lipinski definition) is 1. The SMILES string of the molecule is COc1cc(C)n(-c2ccc(CN)cc2)n1. The smallest absolute Gasteiger partial charge is 0.233 e. The zero-order valence-electron chi connectivity index (χ0n) is 9.47. The molecule has 84 valence electrons. The fraction of sp³-hybridized carbons (Fsp3) is 0.250. The van der Waals surface area contributed by atoms with E-state index in [9.17, 15) is 0 Å². The van der Waals surface area contributed by atoms with Crippen molar-refractivity contribution in [3.05, 3.63) is 41.6 Å². The fourth-order valence-electron chi connectivity index (χ4n) is 1.58. The number of hydrogen-bond acceptors (Lipinski definition) is 3. The normalized spacial score (nSPS) is 10.4. The van der Waals surface area contributed by atoms with Gasteiger partial charge in [-0.2, -0.15) is 0 Å². The van der Waals surface area contributed by atoms with Gasteiger partial charge in [0.1, 0.15) is 0 Å². The van der Waals surface area contributed by atoms with Crippen molar-refractivity contribution in [1.29, 1.82) is 0 Å². The number of benzene rings is 1. The Morgan fingerprint density at radius 3 is 2.50 bits per heavy atom. The molecule has 0 saturated carbocycles. The number of ether oxygens (including phenoxy) is 1. The van der Waals surface area contributed by atoms with Crippen molar-refractivity contribution >= 4 is 0 Å². The van der Waals surface area contributed by atoms with Crippen molar-refractivity contribution in [2.75, 3.05) is 7.11 Å². The molecule has 0 aliphatic heterocycles. The summed E-state index contributed by atoms with van der Waals surface area (Å²) in [5.41, 5.74) is 8.71. The van der Waals surface area contributed by atoms with Gasteiger partial charge in [-0.3, -0.25) is 0 Å². The molecule has 0 aliphatic carbocycles. The highest BCUT2D eigenvalue weighted by Gasteiger charge is 2.05. The minimum Gasteiger partial charge on any atom is -0.480 e. The molecular weight excluding hydrogens is 202 g/mol. The molecule has 1 heterocycles. The van der Waals surface area contributed by atoms with Gasteiger partial charge in [0, 0.05) is 18.3 Å². The Morgan fingerprint density at radius 2 is 2.00 bits per heavy atom. The molecule has 0 amide bonds. The zero-order chi connectivity index (χ0) is 11.5. The Kier molecular flexibility index (Phi) is 2.92. The second kappa shape index (κ2) is 4.37. The van der Waals surface area contributed by atoms with Crippen molar-refractivity contribution in [3.8, 4) is 11.6 Å². The fourth-order valence-corrected chi connectivity index (χ4v) is 1.58. The third kappa shape index (κ3) is 1.92. The van der Waals surface area contributed by atoms with Crippen molar-refractivity contribution in [2.45, 2.75) is 13.5 Å². The molecule has 0 aliphatic rings. The van der Waals surface area contributed by atoms with Crippen LogP contribution in [0.25, 0.3) is 5.69 Å². The summed E-state index contributed by atoms with van der Waals surface area (Å²) in [6.45, 7) is 2.55.